The number of rotatable bonds is 6. The van der Waals surface area contributed by atoms with Crippen molar-refractivity contribution in [2.75, 3.05) is 5.32 Å². The highest BCUT2D eigenvalue weighted by molar-refractivity contribution is 5.96. The first kappa shape index (κ1) is 20.6. The molecule has 3 heterocycles. The van der Waals surface area contributed by atoms with Crippen LogP contribution in [0.25, 0.3) is 22.2 Å². The highest BCUT2D eigenvalue weighted by Gasteiger charge is 2.16. The third-order valence-electron chi connectivity index (χ3n) is 5.38. The second-order valence-corrected chi connectivity index (χ2v) is 7.70. The first-order chi connectivity index (χ1) is 16.1. The maximum Gasteiger partial charge on any atom is 0.247 e. The Bertz CT molecular complexity index is 1440. The minimum Gasteiger partial charge on any atom is -0.308 e. The lowest BCUT2D eigenvalue weighted by atomic mass is 10.0. The molecule has 7 nitrogen and oxygen atoms in total. The molecule has 0 fully saturated rings. The van der Waals surface area contributed by atoms with Crippen molar-refractivity contribution in [3.05, 3.63) is 96.2 Å². The van der Waals surface area contributed by atoms with Crippen LogP contribution in [0.3, 0.4) is 0 Å². The third-order valence-corrected chi connectivity index (χ3v) is 5.38. The van der Waals surface area contributed by atoms with Gasteiger partial charge in [-0.15, -0.1) is 0 Å². The Labute approximate surface area is 189 Å². The van der Waals surface area contributed by atoms with Crippen LogP contribution in [0.4, 0.5) is 10.2 Å². The Hall–Kier alpha value is -4.33. The molecule has 1 amide bonds. The van der Waals surface area contributed by atoms with E-state index in [0.29, 0.717) is 17.0 Å². The molecular weight excluding hydrogens is 419 g/mol. The van der Waals surface area contributed by atoms with E-state index in [1.807, 2.05) is 43.3 Å². The van der Waals surface area contributed by atoms with Crippen LogP contribution in [0.2, 0.25) is 0 Å². The molecule has 0 saturated heterocycles. The van der Waals surface area contributed by atoms with E-state index >= 15 is 0 Å². The summed E-state index contributed by atoms with van der Waals surface area (Å²) in [6.07, 6.45) is 3.42. The molecule has 0 spiro atoms. The number of fused-ring (bicyclic) bond motifs is 1. The van der Waals surface area contributed by atoms with Crippen molar-refractivity contribution in [1.29, 1.82) is 0 Å². The number of hydrogen-bond acceptors (Lipinski definition) is 4. The molecule has 1 N–H and O–H groups in total. The van der Waals surface area contributed by atoms with E-state index in [4.69, 9.17) is 0 Å². The summed E-state index contributed by atoms with van der Waals surface area (Å²) in [5.41, 5.74) is 4.07. The van der Waals surface area contributed by atoms with E-state index in [1.165, 1.54) is 6.07 Å². The number of aryl methyl sites for hydroxylation is 1. The van der Waals surface area contributed by atoms with Crippen molar-refractivity contribution >= 4 is 22.8 Å². The van der Waals surface area contributed by atoms with Gasteiger partial charge in [0.05, 0.1) is 12.2 Å². The fraction of sp³-hybridized carbons (Fsp3) is 0.120. The molecule has 0 saturated carbocycles. The van der Waals surface area contributed by atoms with Crippen LogP contribution in [0.15, 0.2) is 79.1 Å². The zero-order chi connectivity index (χ0) is 22.8. The second kappa shape index (κ2) is 8.66. The Kier molecular flexibility index (Phi) is 5.40. The first-order valence-electron chi connectivity index (χ1n) is 10.5. The molecule has 0 atom stereocenters. The molecule has 5 rings (SSSR count). The lowest BCUT2D eigenvalue weighted by Crippen LogP contribution is -2.20. The summed E-state index contributed by atoms with van der Waals surface area (Å²) < 4.78 is 17.1. The number of nitrogens with zero attached hydrogens (tertiary/aromatic N) is 5. The van der Waals surface area contributed by atoms with E-state index in [-0.39, 0.29) is 24.8 Å². The average Bonchev–Trinajstić information content (AvgIpc) is 3.39. The maximum absolute atomic E-state index is 13.9. The fourth-order valence-electron chi connectivity index (χ4n) is 3.89. The van der Waals surface area contributed by atoms with Gasteiger partial charge in [-0.1, -0.05) is 48.5 Å². The van der Waals surface area contributed by atoms with Crippen LogP contribution in [0.5, 0.6) is 0 Å². The quantitative estimate of drug-likeness (QED) is 0.424. The number of amides is 1. The van der Waals surface area contributed by atoms with Crippen LogP contribution in [0.1, 0.15) is 11.3 Å². The van der Waals surface area contributed by atoms with Crippen molar-refractivity contribution in [2.24, 2.45) is 0 Å². The van der Waals surface area contributed by atoms with Gasteiger partial charge in [0.15, 0.2) is 11.5 Å². The van der Waals surface area contributed by atoms with Gasteiger partial charge in [-0.2, -0.15) is 10.2 Å². The number of carbonyl (C=O) groups is 1. The number of benzene rings is 2. The van der Waals surface area contributed by atoms with Crippen molar-refractivity contribution in [3.8, 4) is 11.1 Å². The van der Waals surface area contributed by atoms with Gasteiger partial charge in [-0.05, 0) is 30.2 Å². The number of aromatic nitrogens is 5. The Balaban J connectivity index is 1.33. The molecule has 0 unspecified atom stereocenters. The maximum atomic E-state index is 13.9. The highest BCUT2D eigenvalue weighted by Crippen LogP contribution is 2.29. The van der Waals surface area contributed by atoms with Gasteiger partial charge in [0, 0.05) is 29.4 Å². The van der Waals surface area contributed by atoms with Crippen molar-refractivity contribution in [2.45, 2.75) is 20.0 Å². The third kappa shape index (κ3) is 4.23. The van der Waals surface area contributed by atoms with Gasteiger partial charge >= 0.3 is 0 Å². The van der Waals surface area contributed by atoms with Crippen LogP contribution in [-0.2, 0) is 17.9 Å². The zero-order valence-corrected chi connectivity index (χ0v) is 17.9. The Morgan fingerprint density at radius 3 is 2.61 bits per heavy atom. The van der Waals surface area contributed by atoms with Crippen molar-refractivity contribution in [1.82, 2.24) is 24.5 Å². The SMILES string of the molecule is Cc1nn(CC(=O)Nc2ccn(Cc3ccccc3F)n2)c2nccc(-c3ccccc3)c12. The summed E-state index contributed by atoms with van der Waals surface area (Å²) in [6.45, 7) is 2.18. The van der Waals surface area contributed by atoms with Crippen LogP contribution in [0, 0.1) is 12.7 Å². The van der Waals surface area contributed by atoms with Gasteiger partial charge in [0.2, 0.25) is 5.91 Å². The molecule has 8 heteroatoms. The predicted molar refractivity (Wildman–Crippen MR) is 124 cm³/mol. The largest absolute Gasteiger partial charge is 0.308 e. The molecule has 0 bridgehead atoms. The van der Waals surface area contributed by atoms with Crippen LogP contribution >= 0.6 is 0 Å². The monoisotopic (exact) mass is 440 g/mol. The predicted octanol–water partition coefficient (Wildman–Crippen LogP) is 4.43. The van der Waals surface area contributed by atoms with Crippen molar-refractivity contribution < 1.29 is 9.18 Å². The minimum absolute atomic E-state index is 0.00421. The average molecular weight is 440 g/mol. The van der Waals surface area contributed by atoms with Crippen LogP contribution < -0.4 is 5.32 Å². The lowest BCUT2D eigenvalue weighted by molar-refractivity contribution is -0.116. The van der Waals surface area contributed by atoms with E-state index < -0.39 is 0 Å². The number of halogens is 1. The van der Waals surface area contributed by atoms with E-state index in [9.17, 15) is 9.18 Å². The summed E-state index contributed by atoms with van der Waals surface area (Å²) in [4.78, 5) is 17.2. The van der Waals surface area contributed by atoms with Crippen molar-refractivity contribution in [3.63, 3.8) is 0 Å². The standard InChI is InChI=1S/C25H21FN6O/c1-17-24-20(18-7-3-2-4-8-18)11-13-27-25(24)32(29-17)16-23(33)28-22-12-14-31(30-22)15-19-9-5-6-10-21(19)26/h2-14H,15-16H2,1H3,(H,28,30,33). The Morgan fingerprint density at radius 1 is 1.00 bits per heavy atom. The van der Waals surface area contributed by atoms with Gasteiger partial charge in [-0.25, -0.2) is 14.1 Å². The van der Waals surface area contributed by atoms with E-state index in [1.54, 1.807) is 46.0 Å². The molecule has 0 aliphatic heterocycles. The summed E-state index contributed by atoms with van der Waals surface area (Å²) >= 11 is 0. The van der Waals surface area contributed by atoms with Gasteiger partial charge < -0.3 is 5.32 Å². The van der Waals surface area contributed by atoms with Gasteiger partial charge in [0.1, 0.15) is 12.4 Å². The number of nitrogens with one attached hydrogen (secondary N) is 1. The molecule has 0 aliphatic carbocycles. The molecule has 3 aromatic heterocycles. The summed E-state index contributed by atoms with van der Waals surface area (Å²) in [5, 5.41) is 12.6. The summed E-state index contributed by atoms with van der Waals surface area (Å²) in [7, 11) is 0. The first-order valence-corrected chi connectivity index (χ1v) is 10.5. The summed E-state index contributed by atoms with van der Waals surface area (Å²) in [5.74, 6) is -0.174. The van der Waals surface area contributed by atoms with Gasteiger partial charge in [0.25, 0.3) is 0 Å². The smallest absolute Gasteiger partial charge is 0.247 e. The molecule has 33 heavy (non-hydrogen) atoms. The number of anilines is 1. The number of pyridine rings is 1. The van der Waals surface area contributed by atoms with E-state index in [2.05, 4.69) is 20.5 Å². The highest BCUT2D eigenvalue weighted by atomic mass is 19.1. The molecule has 164 valence electrons. The molecule has 5 aromatic rings. The Morgan fingerprint density at radius 2 is 1.79 bits per heavy atom. The van der Waals surface area contributed by atoms with Gasteiger partial charge in [-0.3, -0.25) is 9.48 Å². The summed E-state index contributed by atoms with van der Waals surface area (Å²) in [6, 6.07) is 20.2. The lowest BCUT2D eigenvalue weighted by Gasteiger charge is -2.06. The molecule has 2 aromatic carbocycles. The fourth-order valence-corrected chi connectivity index (χ4v) is 3.89. The molecule has 0 radical (unpaired) electrons. The molecule has 0 aliphatic rings. The van der Waals surface area contributed by atoms with Crippen LogP contribution in [-0.4, -0.2) is 30.5 Å². The normalized spacial score (nSPS) is 11.1. The zero-order valence-electron chi connectivity index (χ0n) is 17.9. The van der Waals surface area contributed by atoms with E-state index in [0.717, 1.165) is 22.2 Å². The molecular formula is C25H21FN6O. The number of hydrogen-bond donors (Lipinski definition) is 1. The number of carbonyl (C=O) groups excluding carboxylic acids is 1. The topological polar surface area (TPSA) is 77.6 Å². The minimum atomic E-state index is -0.290. The second-order valence-electron chi connectivity index (χ2n) is 7.70.